The van der Waals surface area contributed by atoms with E-state index < -0.39 is 72.0 Å². The molecule has 0 aromatic rings. The molecule has 1 heterocycles. The molecule has 336 valence electrons. The minimum atomic E-state index is -1.60. The maximum atomic E-state index is 10.6. The smallest absolute Gasteiger partial charge is 0.195 e. The summed E-state index contributed by atoms with van der Waals surface area (Å²) in [6, 6.07) is 0. The van der Waals surface area contributed by atoms with E-state index in [2.05, 4.69) is 111 Å². The Kier molecular flexibility index (Phi) is 24.7. The molecule has 0 aromatic heterocycles. The summed E-state index contributed by atoms with van der Waals surface area (Å²) in [4.78, 5) is 21.3. The maximum Gasteiger partial charge on any atom is 0.195 e. The van der Waals surface area contributed by atoms with Crippen LogP contribution in [-0.2, 0) is 19.1 Å². The minimum absolute atomic E-state index is 0.341. The first-order valence-corrected chi connectivity index (χ1v) is 20.8. The standard InChI is InChI=1S/C12H20O6.2C6H10O3.4C5H12/c13-7-3-1-5-11(15)9(7)18-12(16)6-2-4-8(14)10(12)17-11;2*7-4-2-1-3-5(8)6(4)9;4*1-5(2,3)4/h7-10,13-16H,1-6H2;2*4-5,7-8H,1-3H2;4*1-4H3. The van der Waals surface area contributed by atoms with Gasteiger partial charge in [0.05, 0.1) is 12.2 Å². The van der Waals surface area contributed by atoms with Crippen LogP contribution in [0.4, 0.5) is 0 Å². The summed E-state index contributed by atoms with van der Waals surface area (Å²) in [7, 11) is 0. The molecule has 8 N–H and O–H groups in total. The second-order valence-corrected chi connectivity index (χ2v) is 22.4. The Balaban J connectivity index is 0. The van der Waals surface area contributed by atoms with E-state index in [1.807, 2.05) is 0 Å². The van der Waals surface area contributed by atoms with E-state index in [9.17, 15) is 30.0 Å². The lowest BCUT2D eigenvalue weighted by atomic mass is 9.82. The third kappa shape index (κ3) is 28.4. The molecule has 4 saturated carbocycles. The lowest BCUT2D eigenvalue weighted by molar-refractivity contribution is -0.456. The second-order valence-electron chi connectivity index (χ2n) is 22.4. The molecule has 0 radical (unpaired) electrons. The first kappa shape index (κ1) is 57.0. The normalized spacial score (nSPS) is 34.4. The summed E-state index contributed by atoms with van der Waals surface area (Å²) in [5.74, 6) is -4.04. The fourth-order valence-corrected chi connectivity index (χ4v) is 5.37. The van der Waals surface area contributed by atoms with Crippen LogP contribution < -0.4 is 0 Å². The Morgan fingerprint density at radius 1 is 0.411 bits per heavy atom. The van der Waals surface area contributed by atoms with Gasteiger partial charge in [-0.15, -0.1) is 0 Å². The molecule has 5 rings (SSSR count). The van der Waals surface area contributed by atoms with Gasteiger partial charge in [0.25, 0.3) is 0 Å². The number of ketones is 2. The Bertz CT molecular complexity index is 943. The number of hydrogen-bond acceptors (Lipinski definition) is 12. The van der Waals surface area contributed by atoms with Crippen molar-refractivity contribution in [3.63, 3.8) is 0 Å². The molecule has 10 atom stereocenters. The predicted octanol–water partition coefficient (Wildman–Crippen LogP) is 6.37. The van der Waals surface area contributed by atoms with Crippen molar-refractivity contribution in [3.05, 3.63) is 0 Å². The first-order valence-electron chi connectivity index (χ1n) is 20.8. The summed E-state index contributed by atoms with van der Waals surface area (Å²) in [6.45, 7) is 35.0. The molecule has 0 spiro atoms. The Labute approximate surface area is 340 Å². The highest BCUT2D eigenvalue weighted by Crippen LogP contribution is 2.46. The van der Waals surface area contributed by atoms with Gasteiger partial charge in [0.2, 0.25) is 0 Å². The zero-order valence-electron chi connectivity index (χ0n) is 38.3. The molecule has 0 bridgehead atoms. The summed E-state index contributed by atoms with van der Waals surface area (Å²) in [6.07, 6.45) is -0.750. The quantitative estimate of drug-likeness (QED) is 0.134. The molecule has 12 heteroatoms. The third-order valence-electron chi connectivity index (χ3n) is 7.54. The van der Waals surface area contributed by atoms with Crippen molar-refractivity contribution >= 4 is 11.6 Å². The largest absolute Gasteiger partial charge is 0.390 e. The van der Waals surface area contributed by atoms with Gasteiger partial charge < -0.3 is 50.3 Å². The molecule has 1 aliphatic heterocycles. The van der Waals surface area contributed by atoms with E-state index in [4.69, 9.17) is 29.9 Å². The van der Waals surface area contributed by atoms with Gasteiger partial charge in [-0.25, -0.2) is 0 Å². The number of hydrogen-bond donors (Lipinski definition) is 8. The van der Waals surface area contributed by atoms with Crippen LogP contribution in [0.15, 0.2) is 0 Å². The van der Waals surface area contributed by atoms with E-state index >= 15 is 0 Å². The van der Waals surface area contributed by atoms with Gasteiger partial charge in [0, 0.05) is 12.8 Å². The van der Waals surface area contributed by atoms with E-state index in [0.29, 0.717) is 85.9 Å². The van der Waals surface area contributed by atoms with Crippen LogP contribution in [-0.4, -0.2) is 113 Å². The van der Waals surface area contributed by atoms with Crippen LogP contribution in [0.5, 0.6) is 0 Å². The number of aliphatic hydroxyl groups is 8. The minimum Gasteiger partial charge on any atom is -0.390 e. The van der Waals surface area contributed by atoms with Crippen molar-refractivity contribution in [1.29, 1.82) is 0 Å². The molecule has 56 heavy (non-hydrogen) atoms. The number of carbonyl (C=O) groups is 2. The van der Waals surface area contributed by atoms with Gasteiger partial charge >= 0.3 is 0 Å². The van der Waals surface area contributed by atoms with Gasteiger partial charge in [-0.3, -0.25) is 9.59 Å². The number of fused-ring (bicyclic) bond motifs is 2. The summed E-state index contributed by atoms with van der Waals surface area (Å²) in [5.41, 5.74) is 2.00. The lowest BCUT2D eigenvalue weighted by Crippen LogP contribution is -2.71. The third-order valence-corrected chi connectivity index (χ3v) is 7.54. The van der Waals surface area contributed by atoms with Crippen molar-refractivity contribution in [2.45, 2.75) is 248 Å². The fraction of sp³-hybridized carbons (Fsp3) is 0.955. The topological polar surface area (TPSA) is 214 Å². The molecular formula is C44H88O12. The lowest BCUT2D eigenvalue weighted by Gasteiger charge is -2.56. The SMILES string of the molecule is CC(C)(C)C.CC(C)(C)C.CC(C)(C)C.CC(C)(C)C.O=C1C(O)CCCC1O.O=C1C(O)CCCC1O.OC1CCCC2(O)OC3C(O)CCCC3(O)OC12. The van der Waals surface area contributed by atoms with Crippen molar-refractivity contribution in [2.24, 2.45) is 21.7 Å². The van der Waals surface area contributed by atoms with Crippen LogP contribution in [0, 0.1) is 21.7 Å². The highest BCUT2D eigenvalue weighted by atomic mass is 16.7. The molecule has 4 aliphatic carbocycles. The van der Waals surface area contributed by atoms with Crippen LogP contribution in [0.2, 0.25) is 0 Å². The number of ether oxygens (including phenoxy) is 2. The van der Waals surface area contributed by atoms with Crippen LogP contribution in [0.3, 0.4) is 0 Å². The maximum absolute atomic E-state index is 10.6. The molecular weight excluding hydrogens is 720 g/mol. The zero-order chi connectivity index (χ0) is 44.7. The molecule has 0 amide bonds. The molecule has 5 fully saturated rings. The number of Topliss-reactive ketones (excluding diaryl/α,β-unsaturated/α-hetero) is 2. The molecule has 1 saturated heterocycles. The highest BCUT2D eigenvalue weighted by molar-refractivity contribution is 5.87. The Hall–Kier alpha value is -1.06. The first-order chi connectivity index (χ1) is 24.9. The summed E-state index contributed by atoms with van der Waals surface area (Å²) >= 11 is 0. The molecule has 0 aromatic carbocycles. The van der Waals surface area contributed by atoms with Gasteiger partial charge in [0.1, 0.15) is 36.6 Å². The zero-order valence-corrected chi connectivity index (χ0v) is 38.3. The van der Waals surface area contributed by atoms with Gasteiger partial charge in [-0.1, -0.05) is 111 Å². The van der Waals surface area contributed by atoms with Gasteiger partial charge in [-0.2, -0.15) is 0 Å². The van der Waals surface area contributed by atoms with E-state index in [1.54, 1.807) is 0 Å². The van der Waals surface area contributed by atoms with Gasteiger partial charge in [-0.05, 0) is 85.9 Å². The number of carbonyl (C=O) groups excluding carboxylic acids is 2. The van der Waals surface area contributed by atoms with Crippen molar-refractivity contribution in [2.75, 3.05) is 0 Å². The van der Waals surface area contributed by atoms with Crippen molar-refractivity contribution < 1.29 is 59.9 Å². The monoisotopic (exact) mass is 809 g/mol. The van der Waals surface area contributed by atoms with Crippen molar-refractivity contribution in [1.82, 2.24) is 0 Å². The van der Waals surface area contributed by atoms with Crippen LogP contribution >= 0.6 is 0 Å². The average Bonchev–Trinajstić information content (AvgIpc) is 2.96. The van der Waals surface area contributed by atoms with Gasteiger partial charge in [0.15, 0.2) is 23.1 Å². The molecule has 10 unspecified atom stereocenters. The summed E-state index contributed by atoms with van der Waals surface area (Å²) < 4.78 is 11.1. The van der Waals surface area contributed by atoms with Crippen molar-refractivity contribution in [3.8, 4) is 0 Å². The Morgan fingerprint density at radius 2 is 0.607 bits per heavy atom. The van der Waals surface area contributed by atoms with E-state index in [0.717, 1.165) is 12.8 Å². The fourth-order valence-electron chi connectivity index (χ4n) is 5.37. The van der Waals surface area contributed by atoms with E-state index in [-0.39, 0.29) is 0 Å². The van der Waals surface area contributed by atoms with Crippen LogP contribution in [0.25, 0.3) is 0 Å². The molecule has 5 aliphatic rings. The molecule has 12 nitrogen and oxygen atoms in total. The van der Waals surface area contributed by atoms with Crippen LogP contribution in [0.1, 0.15) is 188 Å². The second kappa shape index (κ2) is 24.3. The number of rotatable bonds is 0. The Morgan fingerprint density at radius 3 is 0.786 bits per heavy atom. The highest BCUT2D eigenvalue weighted by Gasteiger charge is 2.61. The average molecular weight is 809 g/mol. The van der Waals surface area contributed by atoms with E-state index in [1.165, 1.54) is 0 Å². The summed E-state index contributed by atoms with van der Waals surface area (Å²) in [5, 5.41) is 76.0. The number of aliphatic hydroxyl groups excluding tert-OH is 6. The predicted molar refractivity (Wildman–Crippen MR) is 222 cm³/mol.